The Bertz CT molecular complexity index is 441. The van der Waals surface area contributed by atoms with Crippen molar-refractivity contribution >= 4 is 11.9 Å². The highest BCUT2D eigenvalue weighted by atomic mass is 16.5. The monoisotopic (exact) mass is 249 g/mol. The summed E-state index contributed by atoms with van der Waals surface area (Å²) in [5.41, 5.74) is 0.202. The largest absolute Gasteiger partial charge is 0.481 e. The first-order valence-electron chi connectivity index (χ1n) is 5.94. The molecule has 2 rings (SSSR count). The summed E-state index contributed by atoms with van der Waals surface area (Å²) in [5.74, 6) is -0.564. The van der Waals surface area contributed by atoms with E-state index in [-0.39, 0.29) is 11.5 Å². The first-order valence-corrected chi connectivity index (χ1v) is 5.94. The SMILES string of the molecule is O=C(O)c1ccc(OC2CCCCNC2=O)cc1. The van der Waals surface area contributed by atoms with Crippen molar-refractivity contribution in [3.05, 3.63) is 29.8 Å². The maximum absolute atomic E-state index is 11.7. The van der Waals surface area contributed by atoms with Gasteiger partial charge in [-0.25, -0.2) is 4.79 Å². The molecule has 1 aliphatic heterocycles. The number of hydrogen-bond donors (Lipinski definition) is 2. The molecule has 0 bridgehead atoms. The number of aromatic carboxylic acids is 1. The summed E-state index contributed by atoms with van der Waals surface area (Å²) >= 11 is 0. The van der Waals surface area contributed by atoms with Gasteiger partial charge in [0.1, 0.15) is 5.75 Å². The van der Waals surface area contributed by atoms with Gasteiger partial charge in [-0.3, -0.25) is 4.79 Å². The molecular weight excluding hydrogens is 234 g/mol. The number of carbonyl (C=O) groups excluding carboxylic acids is 1. The van der Waals surface area contributed by atoms with Crippen molar-refractivity contribution in [1.29, 1.82) is 0 Å². The predicted octanol–water partition coefficient (Wildman–Crippen LogP) is 1.43. The molecule has 0 saturated carbocycles. The fraction of sp³-hybridized carbons (Fsp3) is 0.385. The highest BCUT2D eigenvalue weighted by Crippen LogP contribution is 2.17. The van der Waals surface area contributed by atoms with Crippen LogP contribution >= 0.6 is 0 Å². The standard InChI is InChI=1S/C13H15NO4/c15-12-11(3-1-2-8-14-12)18-10-6-4-9(5-7-10)13(16)17/h4-7,11H,1-3,8H2,(H,14,15)(H,16,17). The highest BCUT2D eigenvalue weighted by molar-refractivity contribution is 5.87. The Morgan fingerprint density at radius 2 is 2.00 bits per heavy atom. The lowest BCUT2D eigenvalue weighted by Crippen LogP contribution is -2.36. The van der Waals surface area contributed by atoms with Crippen molar-refractivity contribution in [3.63, 3.8) is 0 Å². The minimum Gasteiger partial charge on any atom is -0.481 e. The van der Waals surface area contributed by atoms with Crippen LogP contribution in [0.1, 0.15) is 29.6 Å². The predicted molar refractivity (Wildman–Crippen MR) is 64.7 cm³/mol. The van der Waals surface area contributed by atoms with Gasteiger partial charge in [-0.15, -0.1) is 0 Å². The van der Waals surface area contributed by atoms with Crippen LogP contribution in [0.3, 0.4) is 0 Å². The van der Waals surface area contributed by atoms with E-state index in [4.69, 9.17) is 9.84 Å². The molecule has 1 saturated heterocycles. The third-order valence-corrected chi connectivity index (χ3v) is 2.86. The lowest BCUT2D eigenvalue weighted by Gasteiger charge is -2.15. The summed E-state index contributed by atoms with van der Waals surface area (Å²) < 4.78 is 5.58. The number of benzene rings is 1. The number of carboxylic acids is 1. The molecule has 0 aliphatic carbocycles. The van der Waals surface area contributed by atoms with Gasteiger partial charge in [-0.2, -0.15) is 0 Å². The normalized spacial score (nSPS) is 19.8. The molecule has 1 atom stereocenters. The second kappa shape index (κ2) is 5.53. The summed E-state index contributed by atoms with van der Waals surface area (Å²) in [6.45, 7) is 0.691. The van der Waals surface area contributed by atoms with Crippen LogP contribution in [0, 0.1) is 0 Å². The van der Waals surface area contributed by atoms with E-state index < -0.39 is 12.1 Å². The molecule has 5 nitrogen and oxygen atoms in total. The van der Waals surface area contributed by atoms with Crippen molar-refractivity contribution in [2.75, 3.05) is 6.54 Å². The number of carboxylic acid groups (broad SMARTS) is 1. The van der Waals surface area contributed by atoms with Crippen molar-refractivity contribution in [3.8, 4) is 5.75 Å². The average molecular weight is 249 g/mol. The molecule has 18 heavy (non-hydrogen) atoms. The van der Waals surface area contributed by atoms with Crippen LogP contribution in [-0.4, -0.2) is 29.6 Å². The van der Waals surface area contributed by atoms with E-state index in [9.17, 15) is 9.59 Å². The van der Waals surface area contributed by atoms with Crippen molar-refractivity contribution in [2.45, 2.75) is 25.4 Å². The molecule has 2 N–H and O–H groups in total. The first-order chi connectivity index (χ1) is 8.66. The van der Waals surface area contributed by atoms with E-state index in [0.717, 1.165) is 12.8 Å². The number of amides is 1. The molecule has 0 aromatic heterocycles. The van der Waals surface area contributed by atoms with E-state index in [1.165, 1.54) is 12.1 Å². The Morgan fingerprint density at radius 3 is 2.67 bits per heavy atom. The van der Waals surface area contributed by atoms with Gasteiger partial charge in [0.15, 0.2) is 6.10 Å². The number of nitrogens with one attached hydrogen (secondary N) is 1. The maximum atomic E-state index is 11.7. The number of rotatable bonds is 3. The smallest absolute Gasteiger partial charge is 0.335 e. The Balaban J connectivity index is 2.03. The van der Waals surface area contributed by atoms with Gasteiger partial charge in [0, 0.05) is 6.54 Å². The fourth-order valence-electron chi connectivity index (χ4n) is 1.86. The number of carbonyl (C=O) groups is 2. The van der Waals surface area contributed by atoms with Gasteiger partial charge < -0.3 is 15.2 Å². The zero-order valence-corrected chi connectivity index (χ0v) is 9.89. The lowest BCUT2D eigenvalue weighted by molar-refractivity contribution is -0.127. The molecule has 0 radical (unpaired) electrons. The Hall–Kier alpha value is -2.04. The average Bonchev–Trinajstić information content (AvgIpc) is 2.56. The Morgan fingerprint density at radius 1 is 1.28 bits per heavy atom. The van der Waals surface area contributed by atoms with E-state index in [2.05, 4.69) is 5.32 Å². The van der Waals surface area contributed by atoms with E-state index in [0.29, 0.717) is 18.7 Å². The van der Waals surface area contributed by atoms with Gasteiger partial charge in [0.25, 0.3) is 5.91 Å². The van der Waals surface area contributed by atoms with Crippen LogP contribution in [0.25, 0.3) is 0 Å². The summed E-state index contributed by atoms with van der Waals surface area (Å²) in [6, 6.07) is 6.07. The fourth-order valence-corrected chi connectivity index (χ4v) is 1.86. The second-order valence-corrected chi connectivity index (χ2v) is 4.22. The quantitative estimate of drug-likeness (QED) is 0.849. The summed E-state index contributed by atoms with van der Waals surface area (Å²) in [5, 5.41) is 11.6. The van der Waals surface area contributed by atoms with Gasteiger partial charge in [0.2, 0.25) is 0 Å². The lowest BCUT2D eigenvalue weighted by atomic mass is 10.1. The zero-order valence-electron chi connectivity index (χ0n) is 9.89. The first kappa shape index (κ1) is 12.4. The molecule has 1 fully saturated rings. The van der Waals surface area contributed by atoms with Crippen LogP contribution in [0.4, 0.5) is 0 Å². The molecule has 1 aromatic carbocycles. The van der Waals surface area contributed by atoms with Gasteiger partial charge in [0.05, 0.1) is 5.56 Å². The minimum absolute atomic E-state index is 0.102. The third kappa shape index (κ3) is 3.00. The second-order valence-electron chi connectivity index (χ2n) is 4.22. The van der Waals surface area contributed by atoms with Crippen LogP contribution in [0.15, 0.2) is 24.3 Å². The van der Waals surface area contributed by atoms with Crippen molar-refractivity contribution < 1.29 is 19.4 Å². The molecule has 1 aliphatic rings. The minimum atomic E-state index is -0.978. The van der Waals surface area contributed by atoms with Crippen molar-refractivity contribution in [2.24, 2.45) is 0 Å². The van der Waals surface area contributed by atoms with Gasteiger partial charge >= 0.3 is 5.97 Å². The third-order valence-electron chi connectivity index (χ3n) is 2.86. The zero-order chi connectivity index (χ0) is 13.0. The topological polar surface area (TPSA) is 75.6 Å². The van der Waals surface area contributed by atoms with Crippen LogP contribution in [0.2, 0.25) is 0 Å². The van der Waals surface area contributed by atoms with Gasteiger partial charge in [-0.1, -0.05) is 0 Å². The Kier molecular flexibility index (Phi) is 3.82. The van der Waals surface area contributed by atoms with Crippen LogP contribution in [0.5, 0.6) is 5.75 Å². The Labute approximate surface area is 105 Å². The molecule has 1 aromatic rings. The van der Waals surface area contributed by atoms with Crippen LogP contribution in [-0.2, 0) is 4.79 Å². The summed E-state index contributed by atoms with van der Waals surface area (Å²) in [4.78, 5) is 22.4. The molecular formula is C13H15NO4. The van der Waals surface area contributed by atoms with Crippen LogP contribution < -0.4 is 10.1 Å². The van der Waals surface area contributed by atoms with E-state index in [1.54, 1.807) is 12.1 Å². The molecule has 1 unspecified atom stereocenters. The van der Waals surface area contributed by atoms with E-state index in [1.807, 2.05) is 0 Å². The highest BCUT2D eigenvalue weighted by Gasteiger charge is 2.22. The summed E-state index contributed by atoms with van der Waals surface area (Å²) in [7, 11) is 0. The summed E-state index contributed by atoms with van der Waals surface area (Å²) in [6.07, 6.45) is 2.11. The van der Waals surface area contributed by atoms with Crippen molar-refractivity contribution in [1.82, 2.24) is 5.32 Å². The molecule has 96 valence electrons. The number of ether oxygens (including phenoxy) is 1. The van der Waals surface area contributed by atoms with Gasteiger partial charge in [-0.05, 0) is 43.5 Å². The molecule has 5 heteroatoms. The number of hydrogen-bond acceptors (Lipinski definition) is 3. The molecule has 1 amide bonds. The molecule has 1 heterocycles. The maximum Gasteiger partial charge on any atom is 0.335 e. The molecule has 0 spiro atoms. The van der Waals surface area contributed by atoms with E-state index >= 15 is 0 Å².